The molecule has 0 fully saturated rings. The van der Waals surface area contributed by atoms with E-state index >= 15 is 0 Å². The van der Waals surface area contributed by atoms with Crippen molar-refractivity contribution in [2.45, 2.75) is 25.6 Å². The summed E-state index contributed by atoms with van der Waals surface area (Å²) >= 11 is 0. The molecule has 5 aromatic rings. The number of hydrogen-bond donors (Lipinski definition) is 1. The van der Waals surface area contributed by atoms with E-state index in [4.69, 9.17) is 9.47 Å². The van der Waals surface area contributed by atoms with Gasteiger partial charge >= 0.3 is 5.97 Å². The van der Waals surface area contributed by atoms with Crippen LogP contribution in [0.4, 0.5) is 13.2 Å². The number of fused-ring (bicyclic) bond motifs is 2. The topological polar surface area (TPSA) is 86.6 Å². The first kappa shape index (κ1) is 30.6. The van der Waals surface area contributed by atoms with Crippen LogP contribution in [0.5, 0.6) is 0 Å². The molecule has 1 amide bonds. The van der Waals surface area contributed by atoms with Gasteiger partial charge in [-0.1, -0.05) is 42.5 Å². The van der Waals surface area contributed by atoms with E-state index in [0.717, 1.165) is 37.3 Å². The Morgan fingerprint density at radius 2 is 1.70 bits per heavy atom. The molecule has 2 heterocycles. The van der Waals surface area contributed by atoms with Gasteiger partial charge in [0.25, 0.3) is 11.5 Å². The number of aryl methyl sites for hydroxylation is 1. The molecule has 1 aromatic heterocycles. The van der Waals surface area contributed by atoms with Crippen molar-refractivity contribution in [1.82, 2.24) is 9.88 Å². The standard InChI is InChI=1S/C36H29F3N2O5/c1-41-30-15-14-21(31-13-6-16-46-31)17-25(30)26(19-37)32(35(41)43)24-10-4-8-22-20(7-3-9-23(22)24)18-29(36(44)45-2)40-34(42)33-27(38)11-5-12-28(33)39/h3-5,7-15,17,29H,6,16,18-19H2,1-2H3,(H,40,42)/t29-/m0/s1. The highest BCUT2D eigenvalue weighted by atomic mass is 19.1. The monoisotopic (exact) mass is 626 g/mol. The van der Waals surface area contributed by atoms with Crippen molar-refractivity contribution in [3.63, 3.8) is 0 Å². The number of carbonyl (C=O) groups excluding carboxylic acids is 2. The van der Waals surface area contributed by atoms with Crippen molar-refractivity contribution >= 4 is 39.3 Å². The average Bonchev–Trinajstić information content (AvgIpc) is 3.60. The summed E-state index contributed by atoms with van der Waals surface area (Å²) in [5.74, 6) is -3.37. The van der Waals surface area contributed by atoms with Crippen LogP contribution in [0, 0.1) is 11.6 Å². The summed E-state index contributed by atoms with van der Waals surface area (Å²) in [5.41, 5.74) is 1.67. The van der Waals surface area contributed by atoms with Crippen molar-refractivity contribution in [2.75, 3.05) is 13.7 Å². The van der Waals surface area contributed by atoms with E-state index in [0.29, 0.717) is 45.2 Å². The molecule has 4 aromatic carbocycles. The number of aromatic nitrogens is 1. The molecule has 46 heavy (non-hydrogen) atoms. The van der Waals surface area contributed by atoms with Crippen LogP contribution in [-0.2, 0) is 34.4 Å². The van der Waals surface area contributed by atoms with Crippen LogP contribution in [0.25, 0.3) is 38.6 Å². The fourth-order valence-corrected chi connectivity index (χ4v) is 6.07. The number of alkyl halides is 1. The van der Waals surface area contributed by atoms with Crippen molar-refractivity contribution in [3.8, 4) is 11.1 Å². The minimum atomic E-state index is -1.30. The molecule has 0 spiro atoms. The van der Waals surface area contributed by atoms with Gasteiger partial charge in [-0.2, -0.15) is 0 Å². The Kier molecular flexibility index (Phi) is 8.36. The molecule has 1 N–H and O–H groups in total. The van der Waals surface area contributed by atoms with Gasteiger partial charge in [0.15, 0.2) is 0 Å². The summed E-state index contributed by atoms with van der Waals surface area (Å²) in [4.78, 5) is 39.5. The first-order chi connectivity index (χ1) is 22.2. The van der Waals surface area contributed by atoms with Crippen molar-refractivity contribution in [2.24, 2.45) is 7.05 Å². The second kappa shape index (κ2) is 12.5. The Balaban J connectivity index is 1.46. The number of ether oxygens (including phenoxy) is 2. The SMILES string of the molecule is COC(=O)[C@H](Cc1cccc2c(-c3c(CF)c4cc(C5=CCCO5)ccc4n(C)c3=O)cccc12)NC(=O)c1c(F)cccc1F. The number of pyridine rings is 1. The van der Waals surface area contributed by atoms with E-state index in [-0.39, 0.29) is 23.1 Å². The number of nitrogens with zero attached hydrogens (tertiary/aromatic N) is 1. The molecule has 0 saturated carbocycles. The average molecular weight is 627 g/mol. The van der Waals surface area contributed by atoms with E-state index in [1.165, 1.54) is 4.57 Å². The Morgan fingerprint density at radius 3 is 2.39 bits per heavy atom. The molecule has 1 aliphatic heterocycles. The Labute approximate surface area is 261 Å². The number of hydrogen-bond acceptors (Lipinski definition) is 5. The first-order valence-electron chi connectivity index (χ1n) is 14.6. The highest BCUT2D eigenvalue weighted by Gasteiger charge is 2.27. The maximum Gasteiger partial charge on any atom is 0.328 e. The van der Waals surface area contributed by atoms with Gasteiger partial charge in [0.2, 0.25) is 0 Å². The zero-order valence-corrected chi connectivity index (χ0v) is 25.0. The van der Waals surface area contributed by atoms with Crippen molar-refractivity contribution in [1.29, 1.82) is 0 Å². The van der Waals surface area contributed by atoms with E-state index in [9.17, 15) is 27.6 Å². The molecule has 0 aliphatic carbocycles. The summed E-state index contributed by atoms with van der Waals surface area (Å²) < 4.78 is 55.7. The fourth-order valence-electron chi connectivity index (χ4n) is 6.07. The third-order valence-corrected chi connectivity index (χ3v) is 8.31. The second-order valence-corrected chi connectivity index (χ2v) is 11.0. The molecule has 10 heteroatoms. The number of esters is 1. The first-order valence-corrected chi connectivity index (χ1v) is 14.6. The Morgan fingerprint density at radius 1 is 0.978 bits per heavy atom. The lowest BCUT2D eigenvalue weighted by Gasteiger charge is -2.19. The van der Waals surface area contributed by atoms with Crippen LogP contribution >= 0.6 is 0 Å². The number of halogens is 3. The van der Waals surface area contributed by atoms with Crippen LogP contribution < -0.4 is 10.9 Å². The van der Waals surface area contributed by atoms with Gasteiger partial charge in [-0.25, -0.2) is 18.0 Å². The minimum absolute atomic E-state index is 0.0978. The molecule has 1 atom stereocenters. The van der Waals surface area contributed by atoms with Gasteiger partial charge in [0, 0.05) is 36.4 Å². The fraction of sp³-hybridized carbons (Fsp3) is 0.194. The predicted octanol–water partition coefficient (Wildman–Crippen LogP) is 6.38. The zero-order chi connectivity index (χ0) is 32.5. The maximum absolute atomic E-state index is 15.0. The lowest BCUT2D eigenvalue weighted by molar-refractivity contribution is -0.142. The van der Waals surface area contributed by atoms with E-state index in [2.05, 4.69) is 5.32 Å². The molecule has 6 rings (SSSR count). The number of carbonyl (C=O) groups is 2. The summed E-state index contributed by atoms with van der Waals surface area (Å²) in [5, 5.41) is 4.22. The molecule has 0 bridgehead atoms. The van der Waals surface area contributed by atoms with Crippen LogP contribution in [0.3, 0.4) is 0 Å². The van der Waals surface area contributed by atoms with Crippen molar-refractivity contribution < 1.29 is 32.2 Å². The molecule has 1 aliphatic rings. The lowest BCUT2D eigenvalue weighted by atomic mass is 9.90. The van der Waals surface area contributed by atoms with E-state index in [1.807, 2.05) is 18.2 Å². The number of amides is 1. The molecule has 7 nitrogen and oxygen atoms in total. The molecule has 0 radical (unpaired) electrons. The summed E-state index contributed by atoms with van der Waals surface area (Å²) in [6, 6.07) is 17.7. The van der Waals surface area contributed by atoms with Gasteiger partial charge in [-0.05, 0) is 58.3 Å². The predicted molar refractivity (Wildman–Crippen MR) is 169 cm³/mol. The maximum atomic E-state index is 15.0. The van der Waals surface area contributed by atoms with Crippen LogP contribution in [0.2, 0.25) is 0 Å². The number of benzene rings is 4. The number of methoxy groups -OCH3 is 1. The molecular formula is C36H29F3N2O5. The van der Waals surface area contributed by atoms with Gasteiger partial charge < -0.3 is 19.4 Å². The van der Waals surface area contributed by atoms with Crippen LogP contribution in [0.1, 0.15) is 33.5 Å². The normalized spacial score (nSPS) is 13.4. The summed E-state index contributed by atoms with van der Waals surface area (Å²) in [7, 11) is 2.78. The van der Waals surface area contributed by atoms with Gasteiger partial charge in [0.1, 0.15) is 35.7 Å². The Bertz CT molecular complexity index is 2100. The number of rotatable bonds is 8. The largest absolute Gasteiger partial charge is 0.493 e. The van der Waals surface area contributed by atoms with Gasteiger partial charge in [0.05, 0.1) is 24.8 Å². The summed E-state index contributed by atoms with van der Waals surface area (Å²) in [6.45, 7) is -0.328. The van der Waals surface area contributed by atoms with Crippen LogP contribution in [-0.4, -0.2) is 36.2 Å². The van der Waals surface area contributed by atoms with Crippen LogP contribution in [0.15, 0.2) is 83.7 Å². The summed E-state index contributed by atoms with van der Waals surface area (Å²) in [6.07, 6.45) is 2.66. The number of nitrogens with one attached hydrogen (secondary N) is 1. The van der Waals surface area contributed by atoms with Gasteiger partial charge in [-0.3, -0.25) is 9.59 Å². The third-order valence-electron chi connectivity index (χ3n) is 8.31. The zero-order valence-electron chi connectivity index (χ0n) is 25.0. The van der Waals surface area contributed by atoms with Crippen molar-refractivity contribution in [3.05, 3.63) is 123 Å². The molecule has 0 unspecified atom stereocenters. The highest BCUT2D eigenvalue weighted by molar-refractivity contribution is 6.02. The third kappa shape index (κ3) is 5.40. The molecule has 0 saturated heterocycles. The lowest BCUT2D eigenvalue weighted by Crippen LogP contribution is -2.43. The molecular weight excluding hydrogens is 597 g/mol. The second-order valence-electron chi connectivity index (χ2n) is 11.0. The van der Waals surface area contributed by atoms with E-state index < -0.39 is 41.8 Å². The van der Waals surface area contributed by atoms with E-state index in [1.54, 1.807) is 49.5 Å². The minimum Gasteiger partial charge on any atom is -0.493 e. The molecule has 234 valence electrons. The quantitative estimate of drug-likeness (QED) is 0.202. The highest BCUT2D eigenvalue weighted by Crippen LogP contribution is 2.35. The van der Waals surface area contributed by atoms with Gasteiger partial charge in [-0.15, -0.1) is 0 Å². The smallest absolute Gasteiger partial charge is 0.328 e. The Hall–Kier alpha value is -5.38.